The number of hydrogen-bond acceptors (Lipinski definition) is 3. The van der Waals surface area contributed by atoms with Crippen LogP contribution >= 0.6 is 0 Å². The maximum atomic E-state index is 4.47. The number of ether oxygens (including phenoxy) is 2. The van der Waals surface area contributed by atoms with E-state index in [4.69, 9.17) is 0 Å². The van der Waals surface area contributed by atoms with Gasteiger partial charge < -0.3 is 14.8 Å². The third kappa shape index (κ3) is 7.88. The van der Waals surface area contributed by atoms with Gasteiger partial charge in [-0.3, -0.25) is 0 Å². The van der Waals surface area contributed by atoms with Gasteiger partial charge in [0, 0.05) is 14.2 Å². The quantitative estimate of drug-likeness (QED) is 0.580. The monoisotopic (exact) mass is 147 g/mol. The molecule has 0 aliphatic carbocycles. The summed E-state index contributed by atoms with van der Waals surface area (Å²) in [5.41, 5.74) is 0. The molecule has 1 saturated heterocycles. The van der Waals surface area contributed by atoms with Crippen LogP contribution in [-0.4, -0.2) is 34.1 Å². The van der Waals surface area contributed by atoms with Crippen molar-refractivity contribution in [3.8, 4) is 0 Å². The highest BCUT2D eigenvalue weighted by Crippen LogP contribution is 1.90. The van der Waals surface area contributed by atoms with Gasteiger partial charge in [-0.25, -0.2) is 0 Å². The summed E-state index contributed by atoms with van der Waals surface area (Å²) in [4.78, 5) is 0. The molecule has 1 aliphatic heterocycles. The summed E-state index contributed by atoms with van der Waals surface area (Å²) in [7, 11) is 3.17. The van der Waals surface area contributed by atoms with Gasteiger partial charge in [-0.1, -0.05) is 0 Å². The van der Waals surface area contributed by atoms with E-state index in [-0.39, 0.29) is 0 Å². The van der Waals surface area contributed by atoms with Gasteiger partial charge in [0.2, 0.25) is 0 Å². The van der Waals surface area contributed by atoms with E-state index in [0.29, 0.717) is 6.79 Å². The summed E-state index contributed by atoms with van der Waals surface area (Å²) in [5.74, 6) is 0. The molecule has 0 unspecified atom stereocenters. The molecule has 0 atom stereocenters. The van der Waals surface area contributed by atoms with Crippen LogP contribution in [0.2, 0.25) is 0 Å². The van der Waals surface area contributed by atoms with Crippen molar-refractivity contribution in [1.82, 2.24) is 5.32 Å². The summed E-state index contributed by atoms with van der Waals surface area (Å²) < 4.78 is 8.94. The molecule has 3 heteroatoms. The first-order valence-corrected chi connectivity index (χ1v) is 3.60. The Kier molecular flexibility index (Phi) is 8.77. The van der Waals surface area contributed by atoms with Crippen molar-refractivity contribution in [2.24, 2.45) is 0 Å². The van der Waals surface area contributed by atoms with Crippen LogP contribution in [-0.2, 0) is 9.47 Å². The molecule has 0 radical (unpaired) electrons. The minimum atomic E-state index is 0.389. The molecule has 0 bridgehead atoms. The lowest BCUT2D eigenvalue weighted by Crippen LogP contribution is -2.03. The molecule has 62 valence electrons. The molecule has 3 nitrogen and oxygen atoms in total. The number of hydrogen-bond donors (Lipinski definition) is 1. The van der Waals surface area contributed by atoms with Crippen LogP contribution in [0.5, 0.6) is 0 Å². The van der Waals surface area contributed by atoms with Crippen LogP contribution in [0.4, 0.5) is 0 Å². The van der Waals surface area contributed by atoms with E-state index in [1.54, 1.807) is 14.2 Å². The first kappa shape index (κ1) is 9.88. The molecule has 0 saturated carbocycles. The zero-order chi connectivity index (χ0) is 7.66. The molecular formula is C7H17NO2. The second-order valence-electron chi connectivity index (χ2n) is 2.15. The molecular weight excluding hydrogens is 130 g/mol. The van der Waals surface area contributed by atoms with E-state index in [2.05, 4.69) is 14.8 Å². The lowest BCUT2D eigenvalue weighted by Gasteiger charge is -1.87. The molecule has 1 aliphatic rings. The Labute approximate surface area is 62.7 Å². The molecule has 1 fully saturated rings. The molecule has 0 aromatic heterocycles. The minimum Gasteiger partial charge on any atom is -0.359 e. The number of methoxy groups -OCH3 is 2. The summed E-state index contributed by atoms with van der Waals surface area (Å²) in [6.45, 7) is 2.89. The van der Waals surface area contributed by atoms with E-state index in [1.165, 1.54) is 25.9 Å². The average Bonchev–Trinajstić information content (AvgIpc) is 2.44. The van der Waals surface area contributed by atoms with Crippen molar-refractivity contribution < 1.29 is 9.47 Å². The van der Waals surface area contributed by atoms with E-state index < -0.39 is 0 Å². The summed E-state index contributed by atoms with van der Waals surface area (Å²) >= 11 is 0. The van der Waals surface area contributed by atoms with Gasteiger partial charge in [-0.15, -0.1) is 0 Å². The fraction of sp³-hybridized carbons (Fsp3) is 1.00. The van der Waals surface area contributed by atoms with Gasteiger partial charge >= 0.3 is 0 Å². The first-order valence-electron chi connectivity index (χ1n) is 3.60. The Morgan fingerprint density at radius 2 is 1.60 bits per heavy atom. The van der Waals surface area contributed by atoms with Gasteiger partial charge in [0.15, 0.2) is 0 Å². The summed E-state index contributed by atoms with van der Waals surface area (Å²) in [6, 6.07) is 0. The molecule has 1 N–H and O–H groups in total. The van der Waals surface area contributed by atoms with E-state index in [9.17, 15) is 0 Å². The highest BCUT2D eigenvalue weighted by Gasteiger charge is 1.93. The van der Waals surface area contributed by atoms with Crippen LogP contribution in [0.25, 0.3) is 0 Å². The molecule has 0 amide bonds. The highest BCUT2D eigenvalue weighted by atomic mass is 16.6. The highest BCUT2D eigenvalue weighted by molar-refractivity contribution is 4.55. The van der Waals surface area contributed by atoms with Crippen LogP contribution in [0, 0.1) is 0 Å². The van der Waals surface area contributed by atoms with Gasteiger partial charge in [0.05, 0.1) is 0 Å². The molecule has 0 aromatic rings. The van der Waals surface area contributed by atoms with Crippen LogP contribution in [0.15, 0.2) is 0 Å². The zero-order valence-corrected chi connectivity index (χ0v) is 6.85. The van der Waals surface area contributed by atoms with Crippen molar-refractivity contribution in [2.75, 3.05) is 34.1 Å². The topological polar surface area (TPSA) is 30.5 Å². The SMILES string of the molecule is C1CCNC1.COCOC. The van der Waals surface area contributed by atoms with Crippen LogP contribution in [0.3, 0.4) is 0 Å². The van der Waals surface area contributed by atoms with E-state index >= 15 is 0 Å². The summed E-state index contributed by atoms with van der Waals surface area (Å²) in [6.07, 6.45) is 2.78. The van der Waals surface area contributed by atoms with Crippen molar-refractivity contribution in [3.05, 3.63) is 0 Å². The largest absolute Gasteiger partial charge is 0.359 e. The summed E-state index contributed by atoms with van der Waals surface area (Å²) in [5, 5.41) is 3.22. The molecule has 0 aromatic carbocycles. The number of nitrogens with one attached hydrogen (secondary N) is 1. The standard InChI is InChI=1S/C4H9N.C3H8O2/c1-2-4-5-3-1;1-4-3-5-2/h5H,1-4H2;3H2,1-2H3. The molecule has 10 heavy (non-hydrogen) atoms. The first-order chi connectivity index (χ1) is 4.91. The smallest absolute Gasteiger partial charge is 0.145 e. The zero-order valence-electron chi connectivity index (χ0n) is 6.85. The van der Waals surface area contributed by atoms with Crippen molar-refractivity contribution in [3.63, 3.8) is 0 Å². The van der Waals surface area contributed by atoms with Crippen molar-refractivity contribution in [2.45, 2.75) is 12.8 Å². The Morgan fingerprint density at radius 3 is 1.70 bits per heavy atom. The van der Waals surface area contributed by atoms with Crippen LogP contribution < -0.4 is 5.32 Å². The lowest BCUT2D eigenvalue weighted by atomic mass is 10.4. The van der Waals surface area contributed by atoms with E-state index in [0.717, 1.165) is 0 Å². The average molecular weight is 147 g/mol. The Balaban J connectivity index is 0.000000162. The minimum absolute atomic E-state index is 0.389. The maximum Gasteiger partial charge on any atom is 0.145 e. The number of rotatable bonds is 2. The van der Waals surface area contributed by atoms with Crippen molar-refractivity contribution >= 4 is 0 Å². The van der Waals surface area contributed by atoms with Crippen LogP contribution in [0.1, 0.15) is 12.8 Å². The van der Waals surface area contributed by atoms with Crippen molar-refractivity contribution in [1.29, 1.82) is 0 Å². The third-order valence-electron chi connectivity index (χ3n) is 1.19. The van der Waals surface area contributed by atoms with Gasteiger partial charge in [-0.05, 0) is 25.9 Å². The Hall–Kier alpha value is -0.120. The predicted octanol–water partition coefficient (Wildman–Crippen LogP) is 0.606. The fourth-order valence-corrected chi connectivity index (χ4v) is 0.743. The normalized spacial score (nSPS) is 16.2. The Morgan fingerprint density at radius 1 is 1.10 bits per heavy atom. The molecule has 1 heterocycles. The van der Waals surface area contributed by atoms with E-state index in [1.807, 2.05) is 0 Å². The lowest BCUT2D eigenvalue weighted by molar-refractivity contribution is -0.00271. The van der Waals surface area contributed by atoms with Gasteiger partial charge in [0.25, 0.3) is 0 Å². The predicted molar refractivity (Wildman–Crippen MR) is 41.0 cm³/mol. The Bertz CT molecular complexity index is 46.0. The third-order valence-corrected chi connectivity index (χ3v) is 1.19. The molecule has 1 rings (SSSR count). The fourth-order valence-electron chi connectivity index (χ4n) is 0.743. The van der Waals surface area contributed by atoms with Gasteiger partial charge in [-0.2, -0.15) is 0 Å². The maximum absolute atomic E-state index is 4.47. The second kappa shape index (κ2) is 8.88. The second-order valence-corrected chi connectivity index (χ2v) is 2.15. The molecule has 0 spiro atoms. The van der Waals surface area contributed by atoms with Gasteiger partial charge in [0.1, 0.15) is 6.79 Å².